The number of amides is 1. The highest BCUT2D eigenvalue weighted by Crippen LogP contribution is 2.40. The molecular formula is C20H20N2O2S. The van der Waals surface area contributed by atoms with Crippen LogP contribution in [0.15, 0.2) is 47.8 Å². The molecule has 0 saturated carbocycles. The van der Waals surface area contributed by atoms with Crippen molar-refractivity contribution in [1.82, 2.24) is 5.32 Å². The normalized spacial score (nSPS) is 18.4. The van der Waals surface area contributed by atoms with Gasteiger partial charge in [0.15, 0.2) is 0 Å². The maximum absolute atomic E-state index is 12.9. The topological polar surface area (TPSA) is 64.4 Å². The van der Waals surface area contributed by atoms with Crippen LogP contribution in [0, 0.1) is 0 Å². The minimum Gasteiger partial charge on any atom is -0.487 e. The minimum absolute atomic E-state index is 0.0616. The van der Waals surface area contributed by atoms with Gasteiger partial charge < -0.3 is 15.8 Å². The molecule has 1 aromatic heterocycles. The molecule has 128 valence electrons. The molecule has 0 bridgehead atoms. The largest absolute Gasteiger partial charge is 0.487 e. The van der Waals surface area contributed by atoms with Gasteiger partial charge in [0, 0.05) is 33.1 Å². The van der Waals surface area contributed by atoms with E-state index in [1.54, 1.807) is 11.3 Å². The quantitative estimate of drug-likeness (QED) is 0.667. The molecule has 2 heterocycles. The number of carbonyl (C=O) groups is 1. The van der Waals surface area contributed by atoms with Gasteiger partial charge in [0.1, 0.15) is 11.4 Å². The van der Waals surface area contributed by atoms with E-state index in [9.17, 15) is 4.79 Å². The molecule has 4 rings (SSSR count). The second kappa shape index (κ2) is 5.77. The van der Waals surface area contributed by atoms with E-state index in [1.807, 2.05) is 61.7 Å². The van der Waals surface area contributed by atoms with Crippen molar-refractivity contribution in [1.29, 1.82) is 0 Å². The van der Waals surface area contributed by atoms with Crippen LogP contribution < -0.4 is 15.8 Å². The van der Waals surface area contributed by atoms with Crippen LogP contribution in [-0.2, 0) is 0 Å². The van der Waals surface area contributed by atoms with E-state index in [0.29, 0.717) is 12.1 Å². The highest BCUT2D eigenvalue weighted by molar-refractivity contribution is 7.17. The predicted octanol–water partition coefficient (Wildman–Crippen LogP) is 4.52. The minimum atomic E-state index is -0.349. The smallest absolute Gasteiger partial charge is 0.253 e. The fourth-order valence-corrected chi connectivity index (χ4v) is 4.33. The molecule has 0 radical (unpaired) electrons. The van der Waals surface area contributed by atoms with Gasteiger partial charge in [0.05, 0.1) is 11.6 Å². The fraction of sp³-hybridized carbons (Fsp3) is 0.250. The Balaban J connectivity index is 1.68. The Hall–Kier alpha value is -2.53. The van der Waals surface area contributed by atoms with E-state index in [4.69, 9.17) is 10.5 Å². The molecule has 0 spiro atoms. The van der Waals surface area contributed by atoms with Crippen molar-refractivity contribution in [2.75, 3.05) is 5.73 Å². The summed E-state index contributed by atoms with van der Waals surface area (Å²) in [4.78, 5) is 12.9. The zero-order valence-electron chi connectivity index (χ0n) is 14.2. The molecule has 1 atom stereocenters. The Kier molecular flexibility index (Phi) is 3.69. The lowest BCUT2D eigenvalue weighted by Gasteiger charge is -2.38. The van der Waals surface area contributed by atoms with Gasteiger partial charge in [0.2, 0.25) is 0 Å². The molecule has 1 amide bonds. The zero-order chi connectivity index (χ0) is 17.6. The third kappa shape index (κ3) is 2.96. The first-order valence-corrected chi connectivity index (χ1v) is 9.16. The SMILES string of the molecule is CC1(C)CC(NC(=O)c2csc3ccccc23)c2cc(N)ccc2O1. The third-order valence-corrected chi connectivity index (χ3v) is 5.49. The van der Waals surface area contributed by atoms with Crippen molar-refractivity contribution in [2.45, 2.75) is 31.9 Å². The lowest BCUT2D eigenvalue weighted by atomic mass is 9.89. The third-order valence-electron chi connectivity index (χ3n) is 4.52. The number of hydrogen-bond acceptors (Lipinski definition) is 4. The molecule has 25 heavy (non-hydrogen) atoms. The number of rotatable bonds is 2. The lowest BCUT2D eigenvalue weighted by molar-refractivity contribution is 0.0620. The van der Waals surface area contributed by atoms with Gasteiger partial charge in [0.25, 0.3) is 5.91 Å². The Morgan fingerprint density at radius 2 is 2.08 bits per heavy atom. The fourth-order valence-electron chi connectivity index (χ4n) is 3.39. The number of fused-ring (bicyclic) bond motifs is 2. The monoisotopic (exact) mass is 352 g/mol. The molecule has 4 nitrogen and oxygen atoms in total. The summed E-state index contributed by atoms with van der Waals surface area (Å²) >= 11 is 1.59. The van der Waals surface area contributed by atoms with E-state index in [2.05, 4.69) is 5.32 Å². The molecule has 3 aromatic rings. The van der Waals surface area contributed by atoms with E-state index in [-0.39, 0.29) is 17.6 Å². The number of nitrogens with two attached hydrogens (primary N) is 1. The summed E-state index contributed by atoms with van der Waals surface area (Å²) < 4.78 is 7.16. The molecule has 1 aliphatic heterocycles. The first-order chi connectivity index (χ1) is 11.9. The van der Waals surface area contributed by atoms with E-state index in [0.717, 1.165) is 27.0 Å². The average molecular weight is 352 g/mol. The summed E-state index contributed by atoms with van der Waals surface area (Å²) in [5.41, 5.74) is 7.92. The van der Waals surface area contributed by atoms with Crippen molar-refractivity contribution < 1.29 is 9.53 Å². The van der Waals surface area contributed by atoms with Crippen LogP contribution >= 0.6 is 11.3 Å². The van der Waals surface area contributed by atoms with Gasteiger partial charge in [-0.15, -0.1) is 11.3 Å². The van der Waals surface area contributed by atoms with Gasteiger partial charge in [-0.2, -0.15) is 0 Å². The Bertz CT molecular complexity index is 961. The number of ether oxygens (including phenoxy) is 1. The van der Waals surface area contributed by atoms with Crippen LogP contribution in [0.5, 0.6) is 5.75 Å². The van der Waals surface area contributed by atoms with Crippen molar-refractivity contribution in [2.24, 2.45) is 0 Å². The Morgan fingerprint density at radius 1 is 1.28 bits per heavy atom. The van der Waals surface area contributed by atoms with Gasteiger partial charge in [-0.1, -0.05) is 18.2 Å². The van der Waals surface area contributed by atoms with E-state index < -0.39 is 0 Å². The second-order valence-corrected chi connectivity index (χ2v) is 7.95. The van der Waals surface area contributed by atoms with Crippen LogP contribution in [0.25, 0.3) is 10.1 Å². The number of nitrogen functional groups attached to an aromatic ring is 1. The molecule has 1 aliphatic rings. The molecule has 0 aliphatic carbocycles. The first kappa shape index (κ1) is 16.0. The maximum atomic E-state index is 12.9. The van der Waals surface area contributed by atoms with Crippen molar-refractivity contribution in [3.05, 3.63) is 59.0 Å². The number of anilines is 1. The summed E-state index contributed by atoms with van der Waals surface area (Å²) in [7, 11) is 0. The number of hydrogen-bond donors (Lipinski definition) is 2. The molecule has 1 unspecified atom stereocenters. The van der Waals surface area contributed by atoms with Crippen molar-refractivity contribution >= 4 is 33.0 Å². The number of thiophene rings is 1. The summed E-state index contributed by atoms with van der Waals surface area (Å²) in [6.45, 7) is 4.07. The molecule has 0 fully saturated rings. The predicted molar refractivity (Wildman–Crippen MR) is 102 cm³/mol. The number of nitrogens with one attached hydrogen (secondary N) is 1. The second-order valence-electron chi connectivity index (χ2n) is 7.03. The maximum Gasteiger partial charge on any atom is 0.253 e. The van der Waals surface area contributed by atoms with Crippen molar-refractivity contribution in [3.8, 4) is 5.75 Å². The van der Waals surface area contributed by atoms with Gasteiger partial charge >= 0.3 is 0 Å². The summed E-state index contributed by atoms with van der Waals surface area (Å²) in [6, 6.07) is 13.4. The van der Waals surface area contributed by atoms with Gasteiger partial charge in [-0.05, 0) is 38.1 Å². The molecule has 5 heteroatoms. The number of benzene rings is 2. The lowest BCUT2D eigenvalue weighted by Crippen LogP contribution is -2.41. The number of carbonyl (C=O) groups excluding carboxylic acids is 1. The van der Waals surface area contributed by atoms with Crippen LogP contribution in [0.4, 0.5) is 5.69 Å². The zero-order valence-corrected chi connectivity index (χ0v) is 15.0. The molecular weight excluding hydrogens is 332 g/mol. The highest BCUT2D eigenvalue weighted by atomic mass is 32.1. The van der Waals surface area contributed by atoms with Crippen LogP contribution in [0.1, 0.15) is 42.2 Å². The standard InChI is InChI=1S/C20H20N2O2S/c1-20(2)10-16(14-9-12(21)7-8-17(14)24-20)22-19(23)15-11-25-18-6-4-3-5-13(15)18/h3-9,11,16H,10,21H2,1-2H3,(H,22,23). The molecule has 3 N–H and O–H groups in total. The van der Waals surface area contributed by atoms with Crippen LogP contribution in [-0.4, -0.2) is 11.5 Å². The molecule has 2 aromatic carbocycles. The highest BCUT2D eigenvalue weighted by Gasteiger charge is 2.35. The summed E-state index contributed by atoms with van der Waals surface area (Å²) in [5, 5.41) is 6.10. The van der Waals surface area contributed by atoms with E-state index >= 15 is 0 Å². The summed E-state index contributed by atoms with van der Waals surface area (Å²) in [6.07, 6.45) is 0.692. The Morgan fingerprint density at radius 3 is 2.92 bits per heavy atom. The average Bonchev–Trinajstić information content (AvgIpc) is 2.99. The van der Waals surface area contributed by atoms with E-state index in [1.165, 1.54) is 0 Å². The Labute approximate surface area is 150 Å². The first-order valence-electron chi connectivity index (χ1n) is 8.28. The van der Waals surface area contributed by atoms with Gasteiger partial charge in [-0.25, -0.2) is 0 Å². The van der Waals surface area contributed by atoms with Gasteiger partial charge in [-0.3, -0.25) is 4.79 Å². The summed E-state index contributed by atoms with van der Waals surface area (Å²) in [5.74, 6) is 0.722. The van der Waals surface area contributed by atoms with Crippen molar-refractivity contribution in [3.63, 3.8) is 0 Å². The van der Waals surface area contributed by atoms with Crippen LogP contribution in [0.3, 0.4) is 0 Å². The van der Waals surface area contributed by atoms with Crippen LogP contribution in [0.2, 0.25) is 0 Å². The molecule has 0 saturated heterocycles.